The van der Waals surface area contributed by atoms with Crippen molar-refractivity contribution in [3.05, 3.63) is 112 Å². The van der Waals surface area contributed by atoms with E-state index in [-0.39, 0.29) is 11.6 Å². The molecule has 6 nitrogen and oxygen atoms in total. The Kier molecular flexibility index (Phi) is 6.12. The Balaban J connectivity index is 1.59. The van der Waals surface area contributed by atoms with Crippen LogP contribution in [0, 0.1) is 6.92 Å². The van der Waals surface area contributed by atoms with Gasteiger partial charge in [-0.2, -0.15) is 4.99 Å². The molecule has 0 spiro atoms. The number of hydrogen-bond acceptors (Lipinski definition) is 4. The van der Waals surface area contributed by atoms with Gasteiger partial charge >= 0.3 is 0 Å². The molecule has 5 aromatic rings. The van der Waals surface area contributed by atoms with Crippen molar-refractivity contribution in [2.75, 3.05) is 5.32 Å². The number of carbonyl (C=O) groups excluding carboxylic acids is 1. The van der Waals surface area contributed by atoms with Gasteiger partial charge in [-0.1, -0.05) is 71.8 Å². The number of hydrogen-bond donors (Lipinski definition) is 2. The fourth-order valence-corrected chi connectivity index (χ4v) is 4.61. The average molecular weight is 486 g/mol. The summed E-state index contributed by atoms with van der Waals surface area (Å²) in [4.78, 5) is 25.6. The maximum atomic E-state index is 12.9. The van der Waals surface area contributed by atoms with Crippen molar-refractivity contribution in [2.24, 2.45) is 4.99 Å². The maximum absolute atomic E-state index is 12.9. The van der Waals surface area contributed by atoms with Gasteiger partial charge in [-0.05, 0) is 36.8 Å². The number of aromatic nitrogens is 3. The number of halogens is 1. The predicted molar refractivity (Wildman–Crippen MR) is 137 cm³/mol. The molecule has 0 aliphatic rings. The molecule has 2 heterocycles. The lowest BCUT2D eigenvalue weighted by Gasteiger charge is -2.09. The van der Waals surface area contributed by atoms with Gasteiger partial charge in [0.2, 0.25) is 0 Å². The summed E-state index contributed by atoms with van der Waals surface area (Å²) in [6, 6.07) is 25.4. The quantitative estimate of drug-likeness (QED) is 0.303. The van der Waals surface area contributed by atoms with E-state index in [4.69, 9.17) is 16.6 Å². The lowest BCUT2D eigenvalue weighted by Crippen LogP contribution is -2.15. The van der Waals surface area contributed by atoms with Crippen molar-refractivity contribution in [1.82, 2.24) is 14.5 Å². The highest BCUT2D eigenvalue weighted by Gasteiger charge is 2.17. The van der Waals surface area contributed by atoms with E-state index in [1.807, 2.05) is 30.3 Å². The molecule has 0 unspecified atom stereocenters. The topological polar surface area (TPSA) is 75.1 Å². The lowest BCUT2D eigenvalue weighted by molar-refractivity contribution is 0.102. The zero-order chi connectivity index (χ0) is 23.5. The zero-order valence-electron chi connectivity index (χ0n) is 18.2. The van der Waals surface area contributed by atoms with E-state index in [0.717, 1.165) is 16.9 Å². The minimum absolute atomic E-state index is 0.254. The highest BCUT2D eigenvalue weighted by molar-refractivity contribution is 7.07. The Morgan fingerprint density at radius 1 is 1.03 bits per heavy atom. The van der Waals surface area contributed by atoms with Gasteiger partial charge in [-0.15, -0.1) is 11.3 Å². The van der Waals surface area contributed by atoms with Gasteiger partial charge in [0.25, 0.3) is 5.91 Å². The molecule has 5 rings (SSSR count). The summed E-state index contributed by atoms with van der Waals surface area (Å²) in [6.45, 7) is 2.07. The Hall–Kier alpha value is -3.94. The Bertz CT molecular complexity index is 1520. The van der Waals surface area contributed by atoms with Crippen LogP contribution < -0.4 is 10.1 Å². The Labute approximate surface area is 205 Å². The molecule has 0 saturated carbocycles. The SMILES string of the molecule is Cc1ccc(-c2csc(=Nc3nc[nH]c3C(=O)Nc3ccccc3Cl)n2-c2ccccc2)cc1. The average Bonchev–Trinajstić information content (AvgIpc) is 3.49. The van der Waals surface area contributed by atoms with Crippen LogP contribution in [0.1, 0.15) is 16.1 Å². The standard InChI is InChI=1S/C26H20ClN5OS/c1-17-11-13-18(14-12-17)22-15-34-26(32(22)19-7-3-2-4-8-19)31-24-23(28-16-29-24)25(33)30-21-10-6-5-9-20(21)27/h2-16H,1H3,(H,28,29)(H,30,33). The molecule has 2 N–H and O–H groups in total. The van der Waals surface area contributed by atoms with Crippen molar-refractivity contribution in [2.45, 2.75) is 6.92 Å². The Morgan fingerprint density at radius 2 is 1.76 bits per heavy atom. The van der Waals surface area contributed by atoms with Crippen molar-refractivity contribution >= 4 is 40.4 Å². The molecule has 8 heteroatoms. The van der Waals surface area contributed by atoms with Gasteiger partial charge in [-0.25, -0.2) is 4.98 Å². The van der Waals surface area contributed by atoms with E-state index in [2.05, 4.69) is 56.4 Å². The number of rotatable bonds is 5. The normalized spacial score (nSPS) is 11.5. The number of amides is 1. The van der Waals surface area contributed by atoms with Gasteiger partial charge in [0, 0.05) is 11.1 Å². The molecule has 0 radical (unpaired) electrons. The number of carbonyl (C=O) groups is 1. The van der Waals surface area contributed by atoms with E-state index in [1.54, 1.807) is 24.3 Å². The maximum Gasteiger partial charge on any atom is 0.276 e. The molecule has 1 amide bonds. The van der Waals surface area contributed by atoms with E-state index in [0.29, 0.717) is 21.3 Å². The summed E-state index contributed by atoms with van der Waals surface area (Å²) in [5.74, 6) is -0.0718. The molecular weight excluding hydrogens is 466 g/mol. The summed E-state index contributed by atoms with van der Waals surface area (Å²) in [5.41, 5.74) is 5.02. The second kappa shape index (κ2) is 9.51. The number of imidazole rings is 1. The van der Waals surface area contributed by atoms with E-state index in [1.165, 1.54) is 23.2 Å². The molecule has 34 heavy (non-hydrogen) atoms. The van der Waals surface area contributed by atoms with Gasteiger partial charge in [0.15, 0.2) is 16.3 Å². The number of nitrogens with one attached hydrogen (secondary N) is 2. The van der Waals surface area contributed by atoms with Gasteiger partial charge in [0.1, 0.15) is 0 Å². The number of aryl methyl sites for hydroxylation is 1. The van der Waals surface area contributed by atoms with Crippen LogP contribution >= 0.6 is 22.9 Å². The van der Waals surface area contributed by atoms with Crippen LogP contribution in [0.15, 0.2) is 95.6 Å². The fraction of sp³-hybridized carbons (Fsp3) is 0.0385. The molecule has 0 atom stereocenters. The first-order valence-corrected chi connectivity index (χ1v) is 11.8. The first kappa shape index (κ1) is 21.9. The van der Waals surface area contributed by atoms with Gasteiger partial charge in [-0.3, -0.25) is 9.36 Å². The van der Waals surface area contributed by atoms with Gasteiger partial charge < -0.3 is 10.3 Å². The third-order valence-electron chi connectivity index (χ3n) is 5.24. The molecular formula is C26H20ClN5OS. The lowest BCUT2D eigenvalue weighted by atomic mass is 10.1. The minimum atomic E-state index is -0.370. The first-order chi connectivity index (χ1) is 16.6. The number of benzene rings is 3. The molecule has 3 aromatic carbocycles. The fourth-order valence-electron chi connectivity index (χ4n) is 3.52. The Morgan fingerprint density at radius 3 is 2.53 bits per heavy atom. The highest BCUT2D eigenvalue weighted by Crippen LogP contribution is 2.26. The van der Waals surface area contributed by atoms with Crippen molar-refractivity contribution in [3.63, 3.8) is 0 Å². The molecule has 0 saturated heterocycles. The molecule has 0 bridgehead atoms. The number of thiazole rings is 1. The van der Waals surface area contributed by atoms with E-state index < -0.39 is 0 Å². The van der Waals surface area contributed by atoms with Crippen molar-refractivity contribution in [3.8, 4) is 16.9 Å². The van der Waals surface area contributed by atoms with E-state index >= 15 is 0 Å². The number of para-hydroxylation sites is 2. The summed E-state index contributed by atoms with van der Waals surface area (Å²) in [5, 5.41) is 5.33. The molecule has 168 valence electrons. The zero-order valence-corrected chi connectivity index (χ0v) is 19.8. The highest BCUT2D eigenvalue weighted by atomic mass is 35.5. The number of H-pyrrole nitrogens is 1. The summed E-state index contributed by atoms with van der Waals surface area (Å²) < 4.78 is 2.07. The van der Waals surface area contributed by atoms with Crippen molar-refractivity contribution < 1.29 is 4.79 Å². The van der Waals surface area contributed by atoms with Crippen LogP contribution in [-0.4, -0.2) is 20.4 Å². The summed E-state index contributed by atoms with van der Waals surface area (Å²) >= 11 is 7.68. The van der Waals surface area contributed by atoms with Crippen LogP contribution in [0.25, 0.3) is 16.9 Å². The van der Waals surface area contributed by atoms with Crippen LogP contribution in [-0.2, 0) is 0 Å². The van der Waals surface area contributed by atoms with Crippen LogP contribution in [0.3, 0.4) is 0 Å². The first-order valence-electron chi connectivity index (χ1n) is 10.6. The molecule has 2 aromatic heterocycles. The third kappa shape index (κ3) is 4.44. The summed E-state index contributed by atoms with van der Waals surface area (Å²) in [7, 11) is 0. The third-order valence-corrected chi connectivity index (χ3v) is 6.40. The van der Waals surface area contributed by atoms with Crippen LogP contribution in [0.2, 0.25) is 5.02 Å². The van der Waals surface area contributed by atoms with Crippen molar-refractivity contribution in [1.29, 1.82) is 0 Å². The predicted octanol–water partition coefficient (Wildman–Crippen LogP) is 6.38. The smallest absolute Gasteiger partial charge is 0.276 e. The van der Waals surface area contributed by atoms with Crippen LogP contribution in [0.4, 0.5) is 11.5 Å². The largest absolute Gasteiger partial charge is 0.339 e. The molecule has 0 fully saturated rings. The van der Waals surface area contributed by atoms with Crippen LogP contribution in [0.5, 0.6) is 0 Å². The minimum Gasteiger partial charge on any atom is -0.339 e. The van der Waals surface area contributed by atoms with E-state index in [9.17, 15) is 4.79 Å². The second-order valence-corrected chi connectivity index (χ2v) is 8.83. The number of aromatic amines is 1. The number of anilines is 1. The number of nitrogens with zero attached hydrogens (tertiary/aromatic N) is 3. The summed E-state index contributed by atoms with van der Waals surface area (Å²) in [6.07, 6.45) is 1.46. The molecule has 0 aliphatic heterocycles. The second-order valence-electron chi connectivity index (χ2n) is 7.59. The monoisotopic (exact) mass is 485 g/mol. The van der Waals surface area contributed by atoms with Gasteiger partial charge in [0.05, 0.1) is 22.7 Å². The molecule has 0 aliphatic carbocycles.